The van der Waals surface area contributed by atoms with Gasteiger partial charge in [-0.1, -0.05) is 18.2 Å². The second-order valence-electron chi connectivity index (χ2n) is 8.14. The van der Waals surface area contributed by atoms with Crippen molar-refractivity contribution in [3.8, 4) is 5.75 Å². The van der Waals surface area contributed by atoms with Gasteiger partial charge in [0, 0.05) is 37.9 Å². The van der Waals surface area contributed by atoms with Crippen LogP contribution in [0.3, 0.4) is 0 Å². The molecule has 1 aromatic heterocycles. The molecule has 4 aromatic rings. The first-order valence-electron chi connectivity index (χ1n) is 11.5. The van der Waals surface area contributed by atoms with Crippen LogP contribution < -0.4 is 15.4 Å². The number of amides is 2. The van der Waals surface area contributed by atoms with Gasteiger partial charge < -0.3 is 19.4 Å². The molecule has 0 aliphatic heterocycles. The molecule has 0 saturated carbocycles. The summed E-state index contributed by atoms with van der Waals surface area (Å²) in [4.78, 5) is 30.1. The zero-order chi connectivity index (χ0) is 25.5. The number of nitrogens with one attached hydrogen (secondary N) is 2. The number of aromatic nitrogens is 2. The van der Waals surface area contributed by atoms with Crippen LogP contribution in [0.25, 0.3) is 11.0 Å². The molecule has 0 radical (unpaired) electrons. The third-order valence-electron chi connectivity index (χ3n) is 5.64. The van der Waals surface area contributed by atoms with Gasteiger partial charge in [0.1, 0.15) is 11.6 Å². The SMILES string of the molecule is COCCCn1c(NC(=O)c2cccc(F)c2)nc2cc(C(=O)NCc3cccc(OC)c3)ccc21. The maximum Gasteiger partial charge on any atom is 0.258 e. The van der Waals surface area contributed by atoms with Crippen LogP contribution in [0.5, 0.6) is 5.75 Å². The molecule has 2 N–H and O–H groups in total. The van der Waals surface area contributed by atoms with Crippen LogP contribution in [0.4, 0.5) is 10.3 Å². The molecule has 2 amide bonds. The minimum Gasteiger partial charge on any atom is -0.497 e. The molecule has 36 heavy (non-hydrogen) atoms. The van der Waals surface area contributed by atoms with E-state index < -0.39 is 11.7 Å². The zero-order valence-corrected chi connectivity index (χ0v) is 20.1. The third-order valence-corrected chi connectivity index (χ3v) is 5.64. The molecule has 0 unspecified atom stereocenters. The Morgan fingerprint density at radius 2 is 1.78 bits per heavy atom. The van der Waals surface area contributed by atoms with Gasteiger partial charge in [0.2, 0.25) is 5.95 Å². The van der Waals surface area contributed by atoms with Crippen molar-refractivity contribution in [3.05, 3.63) is 89.2 Å². The van der Waals surface area contributed by atoms with E-state index in [0.717, 1.165) is 22.9 Å². The van der Waals surface area contributed by atoms with Crippen LogP contribution in [-0.4, -0.2) is 42.2 Å². The zero-order valence-electron chi connectivity index (χ0n) is 20.1. The van der Waals surface area contributed by atoms with Crippen LogP contribution in [0.2, 0.25) is 0 Å². The van der Waals surface area contributed by atoms with E-state index in [0.29, 0.717) is 43.1 Å². The number of aryl methyl sites for hydroxylation is 1. The second-order valence-corrected chi connectivity index (χ2v) is 8.14. The Morgan fingerprint density at radius 1 is 0.972 bits per heavy atom. The number of halogens is 1. The van der Waals surface area contributed by atoms with Gasteiger partial charge in [-0.3, -0.25) is 14.9 Å². The minimum absolute atomic E-state index is 0.183. The van der Waals surface area contributed by atoms with Crippen molar-refractivity contribution in [2.75, 3.05) is 26.1 Å². The highest BCUT2D eigenvalue weighted by Gasteiger charge is 2.17. The van der Waals surface area contributed by atoms with Crippen LogP contribution in [0, 0.1) is 5.82 Å². The summed E-state index contributed by atoms with van der Waals surface area (Å²) in [5.41, 5.74) is 2.84. The summed E-state index contributed by atoms with van der Waals surface area (Å²) in [6.07, 6.45) is 0.688. The Morgan fingerprint density at radius 3 is 2.56 bits per heavy atom. The van der Waals surface area contributed by atoms with Crippen molar-refractivity contribution in [3.63, 3.8) is 0 Å². The number of benzene rings is 3. The lowest BCUT2D eigenvalue weighted by Gasteiger charge is -2.10. The first-order valence-corrected chi connectivity index (χ1v) is 11.5. The topological polar surface area (TPSA) is 94.5 Å². The van der Waals surface area contributed by atoms with Gasteiger partial charge in [0.15, 0.2) is 0 Å². The highest BCUT2D eigenvalue weighted by Crippen LogP contribution is 2.23. The molecule has 0 spiro atoms. The number of carbonyl (C=O) groups excluding carboxylic acids is 2. The number of carbonyl (C=O) groups is 2. The minimum atomic E-state index is -0.499. The number of fused-ring (bicyclic) bond motifs is 1. The average molecular weight is 491 g/mol. The van der Waals surface area contributed by atoms with Gasteiger partial charge in [0.25, 0.3) is 11.8 Å². The molecule has 0 atom stereocenters. The van der Waals surface area contributed by atoms with Crippen LogP contribution in [0.1, 0.15) is 32.7 Å². The van der Waals surface area contributed by atoms with Crippen molar-refractivity contribution < 1.29 is 23.5 Å². The third kappa shape index (κ3) is 5.87. The first kappa shape index (κ1) is 24.9. The fourth-order valence-corrected chi connectivity index (χ4v) is 3.83. The van der Waals surface area contributed by atoms with Gasteiger partial charge in [-0.25, -0.2) is 9.37 Å². The van der Waals surface area contributed by atoms with Gasteiger partial charge in [-0.05, 0) is 60.5 Å². The summed E-state index contributed by atoms with van der Waals surface area (Å²) < 4.78 is 25.8. The lowest BCUT2D eigenvalue weighted by Crippen LogP contribution is -2.22. The monoisotopic (exact) mass is 490 g/mol. The summed E-state index contributed by atoms with van der Waals surface area (Å²) >= 11 is 0. The fraction of sp³-hybridized carbons (Fsp3) is 0.222. The first-order chi connectivity index (χ1) is 17.5. The average Bonchev–Trinajstić information content (AvgIpc) is 3.23. The largest absolute Gasteiger partial charge is 0.497 e. The van der Waals surface area contributed by atoms with Crippen molar-refractivity contribution in [2.45, 2.75) is 19.5 Å². The fourth-order valence-electron chi connectivity index (χ4n) is 3.83. The number of anilines is 1. The van der Waals surface area contributed by atoms with Gasteiger partial charge in [0.05, 0.1) is 18.1 Å². The predicted octanol–water partition coefficient (Wildman–Crippen LogP) is 4.40. The molecule has 3 aromatic carbocycles. The summed E-state index contributed by atoms with van der Waals surface area (Å²) in [5.74, 6) is -0.201. The number of hydrogen-bond donors (Lipinski definition) is 2. The lowest BCUT2D eigenvalue weighted by molar-refractivity contribution is 0.0950. The van der Waals surface area contributed by atoms with Crippen LogP contribution >= 0.6 is 0 Å². The van der Waals surface area contributed by atoms with E-state index >= 15 is 0 Å². The second kappa shape index (κ2) is 11.5. The smallest absolute Gasteiger partial charge is 0.258 e. The molecule has 0 saturated heterocycles. The number of methoxy groups -OCH3 is 2. The molecular formula is C27H27FN4O4. The van der Waals surface area contributed by atoms with E-state index in [1.807, 2.05) is 28.8 Å². The number of rotatable bonds is 10. The molecule has 1 heterocycles. The highest BCUT2D eigenvalue weighted by atomic mass is 19.1. The van der Waals surface area contributed by atoms with E-state index in [4.69, 9.17) is 9.47 Å². The van der Waals surface area contributed by atoms with E-state index in [1.54, 1.807) is 32.4 Å². The van der Waals surface area contributed by atoms with Gasteiger partial charge >= 0.3 is 0 Å². The van der Waals surface area contributed by atoms with E-state index in [9.17, 15) is 14.0 Å². The highest BCUT2D eigenvalue weighted by molar-refractivity contribution is 6.04. The molecule has 0 bridgehead atoms. The Bertz CT molecular complexity index is 1390. The lowest BCUT2D eigenvalue weighted by atomic mass is 10.1. The Balaban J connectivity index is 1.56. The Hall–Kier alpha value is -4.24. The van der Waals surface area contributed by atoms with Crippen molar-refractivity contribution >= 4 is 28.8 Å². The molecule has 8 nitrogen and oxygen atoms in total. The van der Waals surface area contributed by atoms with Crippen molar-refractivity contribution in [2.24, 2.45) is 0 Å². The standard InChI is InChI=1S/C27H27FN4O4/c1-35-13-5-12-32-24-11-10-20(25(33)29-17-18-6-3-9-22(14-18)36-2)16-23(24)30-27(32)31-26(34)19-7-4-8-21(28)15-19/h3-4,6-11,14-16H,5,12-13,17H2,1-2H3,(H,29,33)(H,30,31,34). The Labute approximate surface area is 208 Å². The molecular weight excluding hydrogens is 463 g/mol. The molecule has 9 heteroatoms. The van der Waals surface area contributed by atoms with Gasteiger partial charge in [-0.2, -0.15) is 0 Å². The summed E-state index contributed by atoms with van der Waals surface area (Å²) in [6.45, 7) is 1.40. The number of hydrogen-bond acceptors (Lipinski definition) is 5. The predicted molar refractivity (Wildman–Crippen MR) is 135 cm³/mol. The molecule has 186 valence electrons. The van der Waals surface area contributed by atoms with Crippen LogP contribution in [0.15, 0.2) is 66.7 Å². The molecule has 0 aliphatic carbocycles. The van der Waals surface area contributed by atoms with Crippen molar-refractivity contribution in [1.82, 2.24) is 14.9 Å². The molecule has 4 rings (SSSR count). The van der Waals surface area contributed by atoms with Gasteiger partial charge in [-0.15, -0.1) is 0 Å². The maximum atomic E-state index is 13.6. The normalized spacial score (nSPS) is 10.9. The van der Waals surface area contributed by atoms with E-state index in [-0.39, 0.29) is 11.5 Å². The summed E-state index contributed by atoms with van der Waals surface area (Å²) in [6, 6.07) is 18.1. The number of ether oxygens (including phenoxy) is 2. The van der Waals surface area contributed by atoms with Crippen LogP contribution in [-0.2, 0) is 17.8 Å². The van der Waals surface area contributed by atoms with E-state index in [2.05, 4.69) is 15.6 Å². The Kier molecular flexibility index (Phi) is 7.92. The van der Waals surface area contributed by atoms with E-state index in [1.165, 1.54) is 18.2 Å². The molecule has 0 fully saturated rings. The van der Waals surface area contributed by atoms with Crippen molar-refractivity contribution in [1.29, 1.82) is 0 Å². The molecule has 0 aliphatic rings. The quantitative estimate of drug-likeness (QED) is 0.321. The summed E-state index contributed by atoms with van der Waals surface area (Å²) in [5, 5.41) is 5.67. The number of imidazole rings is 1. The number of nitrogens with zero attached hydrogens (tertiary/aromatic N) is 2. The summed E-state index contributed by atoms with van der Waals surface area (Å²) in [7, 11) is 3.21. The maximum absolute atomic E-state index is 13.6.